The largest absolute Gasteiger partial charge is 0.348 e. The SMILES string of the molecule is CC(C)c1ccc(C(NC(=O)CN2CCN(S(=O)(=O)c3c[nH]c4ncccc34)CC2)C(C)C)cc1. The number of nitrogens with one attached hydrogen (secondary N) is 2. The minimum absolute atomic E-state index is 0.0457. The van der Waals surface area contributed by atoms with E-state index >= 15 is 0 Å². The molecule has 1 saturated heterocycles. The number of hydrogen-bond donors (Lipinski definition) is 2. The summed E-state index contributed by atoms with van der Waals surface area (Å²) in [4.78, 5) is 22.3. The summed E-state index contributed by atoms with van der Waals surface area (Å²) < 4.78 is 27.9. The van der Waals surface area contributed by atoms with Crippen molar-refractivity contribution in [3.63, 3.8) is 0 Å². The first-order valence-electron chi connectivity index (χ1n) is 12.2. The Labute approximate surface area is 207 Å². The fourth-order valence-electron chi connectivity index (χ4n) is 4.56. The van der Waals surface area contributed by atoms with E-state index in [1.54, 1.807) is 18.3 Å². The summed E-state index contributed by atoms with van der Waals surface area (Å²) >= 11 is 0. The van der Waals surface area contributed by atoms with E-state index in [4.69, 9.17) is 0 Å². The molecule has 1 amide bonds. The molecule has 9 heteroatoms. The Morgan fingerprint density at radius 2 is 1.69 bits per heavy atom. The summed E-state index contributed by atoms with van der Waals surface area (Å²) in [5, 5.41) is 3.78. The quantitative estimate of drug-likeness (QED) is 0.496. The number of piperazine rings is 1. The van der Waals surface area contributed by atoms with Gasteiger partial charge in [-0.15, -0.1) is 0 Å². The van der Waals surface area contributed by atoms with Crippen LogP contribution in [0.25, 0.3) is 11.0 Å². The van der Waals surface area contributed by atoms with Gasteiger partial charge in [0, 0.05) is 44.0 Å². The molecule has 1 fully saturated rings. The Bertz CT molecular complexity index is 1260. The Morgan fingerprint density at radius 3 is 2.31 bits per heavy atom. The van der Waals surface area contributed by atoms with Crippen molar-refractivity contribution in [1.29, 1.82) is 0 Å². The van der Waals surface area contributed by atoms with E-state index in [0.29, 0.717) is 43.1 Å². The maximum atomic E-state index is 13.2. The molecular formula is C26H35N5O3S. The summed E-state index contributed by atoms with van der Waals surface area (Å²) in [5.74, 6) is 0.665. The van der Waals surface area contributed by atoms with Crippen LogP contribution in [0.5, 0.6) is 0 Å². The molecule has 0 radical (unpaired) electrons. The van der Waals surface area contributed by atoms with Crippen molar-refractivity contribution in [2.75, 3.05) is 32.7 Å². The van der Waals surface area contributed by atoms with Gasteiger partial charge in [0.15, 0.2) is 0 Å². The second-order valence-corrected chi connectivity index (χ2v) is 11.7. The molecule has 4 rings (SSSR count). The molecular weight excluding hydrogens is 462 g/mol. The molecule has 0 aliphatic carbocycles. The number of hydrogen-bond acceptors (Lipinski definition) is 5. The van der Waals surface area contributed by atoms with Crippen LogP contribution < -0.4 is 5.32 Å². The summed E-state index contributed by atoms with van der Waals surface area (Å²) in [6.45, 7) is 10.5. The number of aromatic amines is 1. The highest BCUT2D eigenvalue weighted by atomic mass is 32.2. The van der Waals surface area contributed by atoms with Gasteiger partial charge in [-0.3, -0.25) is 9.69 Å². The Hall–Kier alpha value is -2.75. The third-order valence-electron chi connectivity index (χ3n) is 6.67. The molecule has 0 bridgehead atoms. The van der Waals surface area contributed by atoms with Crippen LogP contribution in [0, 0.1) is 5.92 Å². The van der Waals surface area contributed by atoms with Gasteiger partial charge in [-0.2, -0.15) is 4.31 Å². The summed E-state index contributed by atoms with van der Waals surface area (Å²) in [6.07, 6.45) is 3.14. The van der Waals surface area contributed by atoms with Crippen LogP contribution in [-0.2, 0) is 14.8 Å². The van der Waals surface area contributed by atoms with Gasteiger partial charge in [0.05, 0.1) is 12.6 Å². The number of aromatic nitrogens is 2. The van der Waals surface area contributed by atoms with Gasteiger partial charge in [-0.1, -0.05) is 52.0 Å². The molecule has 1 atom stereocenters. The molecule has 8 nitrogen and oxygen atoms in total. The first-order chi connectivity index (χ1) is 16.7. The molecule has 2 N–H and O–H groups in total. The van der Waals surface area contributed by atoms with Crippen molar-refractivity contribution in [2.45, 2.75) is 44.6 Å². The zero-order valence-corrected chi connectivity index (χ0v) is 21.7. The van der Waals surface area contributed by atoms with Crippen LogP contribution in [0.2, 0.25) is 0 Å². The number of amides is 1. The van der Waals surface area contributed by atoms with Crippen LogP contribution in [-0.4, -0.2) is 66.2 Å². The topological polar surface area (TPSA) is 98.4 Å². The molecule has 2 aromatic heterocycles. The Balaban J connectivity index is 1.35. The van der Waals surface area contributed by atoms with E-state index in [0.717, 1.165) is 5.56 Å². The van der Waals surface area contributed by atoms with Crippen molar-refractivity contribution in [1.82, 2.24) is 24.5 Å². The lowest BCUT2D eigenvalue weighted by molar-refractivity contribution is -0.123. The predicted molar refractivity (Wildman–Crippen MR) is 138 cm³/mol. The molecule has 3 heterocycles. The lowest BCUT2D eigenvalue weighted by Crippen LogP contribution is -2.51. The van der Waals surface area contributed by atoms with Gasteiger partial charge in [0.1, 0.15) is 10.5 Å². The average molecular weight is 498 g/mol. The maximum absolute atomic E-state index is 13.2. The molecule has 188 valence electrons. The molecule has 1 aliphatic rings. The Kier molecular flexibility index (Phi) is 7.59. The number of H-pyrrole nitrogens is 1. The minimum Gasteiger partial charge on any atom is -0.348 e. The average Bonchev–Trinajstić information content (AvgIpc) is 3.28. The molecule has 0 saturated carbocycles. The van der Waals surface area contributed by atoms with Gasteiger partial charge in [-0.05, 0) is 35.1 Å². The standard InChI is InChI=1S/C26H35N5O3S/c1-18(2)20-7-9-21(10-8-20)25(19(3)4)29-24(32)17-30-12-14-31(15-13-30)35(33,34)23-16-28-26-22(23)6-5-11-27-26/h5-11,16,18-19,25H,12-15,17H2,1-4H3,(H,27,28)(H,29,32). The van der Waals surface area contributed by atoms with E-state index in [1.165, 1.54) is 16.1 Å². The van der Waals surface area contributed by atoms with Crippen LogP contribution in [0.15, 0.2) is 53.7 Å². The number of carbonyl (C=O) groups is 1. The van der Waals surface area contributed by atoms with Crippen LogP contribution in [0.1, 0.15) is 50.8 Å². The van der Waals surface area contributed by atoms with Crippen molar-refractivity contribution in [3.8, 4) is 0 Å². The van der Waals surface area contributed by atoms with Gasteiger partial charge < -0.3 is 10.3 Å². The Morgan fingerprint density at radius 1 is 1.03 bits per heavy atom. The minimum atomic E-state index is -3.64. The van der Waals surface area contributed by atoms with Crippen molar-refractivity contribution < 1.29 is 13.2 Å². The second kappa shape index (κ2) is 10.5. The number of nitrogens with zero attached hydrogens (tertiary/aromatic N) is 3. The van der Waals surface area contributed by atoms with Crippen molar-refractivity contribution in [2.24, 2.45) is 5.92 Å². The summed E-state index contributed by atoms with van der Waals surface area (Å²) in [5.41, 5.74) is 2.93. The molecule has 1 aliphatic heterocycles. The van der Waals surface area contributed by atoms with Crippen LogP contribution in [0.4, 0.5) is 0 Å². The fraction of sp³-hybridized carbons (Fsp3) is 0.462. The maximum Gasteiger partial charge on any atom is 0.245 e. The van der Waals surface area contributed by atoms with Crippen molar-refractivity contribution in [3.05, 3.63) is 59.9 Å². The number of rotatable bonds is 8. The van der Waals surface area contributed by atoms with E-state index in [-0.39, 0.29) is 29.3 Å². The highest BCUT2D eigenvalue weighted by molar-refractivity contribution is 7.89. The molecule has 3 aromatic rings. The summed E-state index contributed by atoms with van der Waals surface area (Å²) in [6, 6.07) is 11.9. The van der Waals surface area contributed by atoms with E-state index in [2.05, 4.69) is 67.2 Å². The first-order valence-corrected chi connectivity index (χ1v) is 13.6. The smallest absolute Gasteiger partial charge is 0.245 e. The number of pyridine rings is 1. The zero-order valence-electron chi connectivity index (χ0n) is 20.9. The highest BCUT2D eigenvalue weighted by Gasteiger charge is 2.31. The number of sulfonamides is 1. The summed E-state index contributed by atoms with van der Waals surface area (Å²) in [7, 11) is -3.64. The zero-order chi connectivity index (χ0) is 25.2. The number of fused-ring (bicyclic) bond motifs is 1. The van der Waals surface area contributed by atoms with E-state index in [9.17, 15) is 13.2 Å². The fourth-order valence-corrected chi connectivity index (χ4v) is 6.13. The lowest BCUT2D eigenvalue weighted by Gasteiger charge is -2.34. The number of carbonyl (C=O) groups excluding carboxylic acids is 1. The van der Waals surface area contributed by atoms with Gasteiger partial charge in [-0.25, -0.2) is 13.4 Å². The number of benzene rings is 1. The van der Waals surface area contributed by atoms with Crippen LogP contribution >= 0.6 is 0 Å². The second-order valence-electron chi connectivity index (χ2n) is 9.84. The predicted octanol–water partition coefficient (Wildman–Crippen LogP) is 3.51. The van der Waals surface area contributed by atoms with Crippen molar-refractivity contribution >= 4 is 27.0 Å². The van der Waals surface area contributed by atoms with E-state index in [1.807, 2.05) is 4.90 Å². The molecule has 35 heavy (non-hydrogen) atoms. The lowest BCUT2D eigenvalue weighted by atomic mass is 9.93. The third kappa shape index (κ3) is 5.58. The van der Waals surface area contributed by atoms with Gasteiger partial charge in [0.2, 0.25) is 15.9 Å². The monoisotopic (exact) mass is 497 g/mol. The van der Waals surface area contributed by atoms with Gasteiger partial charge in [0.25, 0.3) is 0 Å². The highest BCUT2D eigenvalue weighted by Crippen LogP contribution is 2.26. The molecule has 0 spiro atoms. The molecule has 1 aromatic carbocycles. The van der Waals surface area contributed by atoms with E-state index < -0.39 is 10.0 Å². The molecule has 1 unspecified atom stereocenters. The normalized spacial score (nSPS) is 16.7. The van der Waals surface area contributed by atoms with Crippen LogP contribution in [0.3, 0.4) is 0 Å². The van der Waals surface area contributed by atoms with Gasteiger partial charge >= 0.3 is 0 Å². The first kappa shape index (κ1) is 25.3. The third-order valence-corrected chi connectivity index (χ3v) is 8.61.